The minimum Gasteiger partial charge on any atom is -0.334 e. The van der Waals surface area contributed by atoms with Crippen LogP contribution in [0.1, 0.15) is 51.4 Å². The normalized spacial score (nSPS) is 22.4. The van der Waals surface area contributed by atoms with Crippen molar-refractivity contribution in [2.24, 2.45) is 0 Å². The third-order valence-electron chi connectivity index (χ3n) is 3.44. The summed E-state index contributed by atoms with van der Waals surface area (Å²) in [5.74, 6) is 1.14. The second kappa shape index (κ2) is 6.01. The zero-order chi connectivity index (χ0) is 12.1. The fraction of sp³-hybridized carbons (Fsp3) is 0.643. The summed E-state index contributed by atoms with van der Waals surface area (Å²) in [5, 5.41) is 3.67. The summed E-state index contributed by atoms with van der Waals surface area (Å²) in [5.41, 5.74) is 0. The number of aryl methyl sites for hydroxylation is 1. The molecule has 2 atom stereocenters. The molecular formula is C14H23N3. The Kier molecular flexibility index (Phi) is 4.37. The average Bonchev–Trinajstić information content (AvgIpc) is 2.68. The third-order valence-corrected chi connectivity index (χ3v) is 3.44. The summed E-state index contributed by atoms with van der Waals surface area (Å²) in [7, 11) is 0. The molecule has 1 aliphatic rings. The summed E-state index contributed by atoms with van der Waals surface area (Å²) in [6.45, 7) is 5.35. The molecule has 0 saturated carbocycles. The first-order chi connectivity index (χ1) is 8.31. The van der Waals surface area contributed by atoms with Gasteiger partial charge in [-0.3, -0.25) is 0 Å². The van der Waals surface area contributed by atoms with Crippen LogP contribution < -0.4 is 5.32 Å². The number of nitrogens with one attached hydrogen (secondary N) is 1. The van der Waals surface area contributed by atoms with Crippen LogP contribution in [0, 0.1) is 0 Å². The third kappa shape index (κ3) is 3.19. The molecule has 94 valence electrons. The highest BCUT2D eigenvalue weighted by atomic mass is 15.1. The molecule has 0 bridgehead atoms. The van der Waals surface area contributed by atoms with Gasteiger partial charge in [0.25, 0.3) is 0 Å². The van der Waals surface area contributed by atoms with E-state index >= 15 is 0 Å². The quantitative estimate of drug-likeness (QED) is 0.810. The van der Waals surface area contributed by atoms with Gasteiger partial charge < -0.3 is 9.88 Å². The van der Waals surface area contributed by atoms with Gasteiger partial charge in [0.05, 0.1) is 6.04 Å². The van der Waals surface area contributed by atoms with Gasteiger partial charge in [-0.15, -0.1) is 0 Å². The van der Waals surface area contributed by atoms with Crippen LogP contribution in [0.5, 0.6) is 0 Å². The van der Waals surface area contributed by atoms with Crippen LogP contribution >= 0.6 is 0 Å². The van der Waals surface area contributed by atoms with E-state index in [2.05, 4.69) is 47.1 Å². The van der Waals surface area contributed by atoms with E-state index in [1.807, 2.05) is 6.20 Å². The Morgan fingerprint density at radius 3 is 3.24 bits per heavy atom. The van der Waals surface area contributed by atoms with Gasteiger partial charge >= 0.3 is 0 Å². The first-order valence-corrected chi connectivity index (χ1v) is 6.75. The standard InChI is InChI=1S/C14H23N3/c1-3-17-11-10-15-14(17)12(2)16-13-8-6-4-5-7-9-13/h6,8,10-13,16H,3-5,7,9H2,1-2H3. The van der Waals surface area contributed by atoms with Crippen LogP contribution in [0.25, 0.3) is 0 Å². The van der Waals surface area contributed by atoms with Gasteiger partial charge in [-0.05, 0) is 33.1 Å². The predicted octanol–water partition coefficient (Wildman–Crippen LogP) is 3.05. The van der Waals surface area contributed by atoms with Gasteiger partial charge in [0.1, 0.15) is 5.82 Å². The van der Waals surface area contributed by atoms with Crippen LogP contribution in [-0.2, 0) is 6.54 Å². The maximum Gasteiger partial charge on any atom is 0.125 e. The van der Waals surface area contributed by atoms with E-state index in [4.69, 9.17) is 0 Å². The number of hydrogen-bond donors (Lipinski definition) is 1. The summed E-state index contributed by atoms with van der Waals surface area (Å²) in [4.78, 5) is 4.45. The second-order valence-corrected chi connectivity index (χ2v) is 4.78. The Hall–Kier alpha value is -1.09. The van der Waals surface area contributed by atoms with Gasteiger partial charge in [0.2, 0.25) is 0 Å². The Labute approximate surface area is 104 Å². The van der Waals surface area contributed by atoms with Crippen LogP contribution in [0.15, 0.2) is 24.5 Å². The molecule has 0 aromatic carbocycles. The molecule has 0 fully saturated rings. The van der Waals surface area contributed by atoms with Crippen molar-refractivity contribution in [2.45, 2.75) is 58.2 Å². The summed E-state index contributed by atoms with van der Waals surface area (Å²) < 4.78 is 2.21. The lowest BCUT2D eigenvalue weighted by Crippen LogP contribution is -2.31. The lowest BCUT2D eigenvalue weighted by atomic mass is 10.1. The van der Waals surface area contributed by atoms with E-state index < -0.39 is 0 Å². The van der Waals surface area contributed by atoms with Gasteiger partial charge in [-0.2, -0.15) is 0 Å². The summed E-state index contributed by atoms with van der Waals surface area (Å²) >= 11 is 0. The van der Waals surface area contributed by atoms with E-state index in [0.29, 0.717) is 12.1 Å². The molecule has 3 nitrogen and oxygen atoms in total. The lowest BCUT2D eigenvalue weighted by molar-refractivity contribution is 0.452. The molecule has 0 amide bonds. The van der Waals surface area contributed by atoms with E-state index in [0.717, 1.165) is 12.4 Å². The van der Waals surface area contributed by atoms with E-state index in [1.54, 1.807) is 0 Å². The largest absolute Gasteiger partial charge is 0.334 e. The molecule has 1 aromatic rings. The van der Waals surface area contributed by atoms with Crippen molar-refractivity contribution in [1.29, 1.82) is 0 Å². The molecule has 1 aromatic heterocycles. The predicted molar refractivity (Wildman–Crippen MR) is 70.8 cm³/mol. The number of aromatic nitrogens is 2. The molecule has 1 aliphatic carbocycles. The maximum atomic E-state index is 4.45. The smallest absolute Gasteiger partial charge is 0.125 e. The second-order valence-electron chi connectivity index (χ2n) is 4.78. The summed E-state index contributed by atoms with van der Waals surface area (Å²) in [6.07, 6.45) is 13.7. The molecule has 2 unspecified atom stereocenters. The molecule has 0 saturated heterocycles. The number of allylic oxidation sites excluding steroid dienone is 1. The van der Waals surface area contributed by atoms with Crippen LogP contribution in [0.2, 0.25) is 0 Å². The molecule has 0 spiro atoms. The van der Waals surface area contributed by atoms with Crippen molar-refractivity contribution in [2.75, 3.05) is 0 Å². The van der Waals surface area contributed by atoms with Crippen molar-refractivity contribution in [3.63, 3.8) is 0 Å². The van der Waals surface area contributed by atoms with E-state index in [-0.39, 0.29) is 0 Å². The number of rotatable bonds is 4. The highest BCUT2D eigenvalue weighted by molar-refractivity contribution is 5.02. The Morgan fingerprint density at radius 2 is 2.41 bits per heavy atom. The first kappa shape index (κ1) is 12.4. The molecule has 0 aliphatic heterocycles. The van der Waals surface area contributed by atoms with Gasteiger partial charge in [0.15, 0.2) is 0 Å². The monoisotopic (exact) mass is 233 g/mol. The van der Waals surface area contributed by atoms with Crippen molar-refractivity contribution in [3.05, 3.63) is 30.4 Å². The molecule has 0 radical (unpaired) electrons. The zero-order valence-corrected chi connectivity index (χ0v) is 10.9. The van der Waals surface area contributed by atoms with Crippen LogP contribution in [0.4, 0.5) is 0 Å². The molecule has 1 N–H and O–H groups in total. The van der Waals surface area contributed by atoms with Crippen LogP contribution in [-0.4, -0.2) is 15.6 Å². The lowest BCUT2D eigenvalue weighted by Gasteiger charge is -2.20. The van der Waals surface area contributed by atoms with Crippen molar-refractivity contribution >= 4 is 0 Å². The SMILES string of the molecule is CCn1ccnc1C(C)NC1C=CCCCC1. The molecule has 2 rings (SSSR count). The first-order valence-electron chi connectivity index (χ1n) is 6.75. The fourth-order valence-corrected chi connectivity index (χ4v) is 2.49. The van der Waals surface area contributed by atoms with Crippen molar-refractivity contribution in [3.8, 4) is 0 Å². The number of imidazole rings is 1. The summed E-state index contributed by atoms with van der Waals surface area (Å²) in [6, 6.07) is 0.826. The minimum absolute atomic E-state index is 0.317. The van der Waals surface area contributed by atoms with Gasteiger partial charge in [-0.25, -0.2) is 4.98 Å². The maximum absolute atomic E-state index is 4.45. The van der Waals surface area contributed by atoms with Crippen molar-refractivity contribution in [1.82, 2.24) is 14.9 Å². The van der Waals surface area contributed by atoms with E-state index in [9.17, 15) is 0 Å². The average molecular weight is 233 g/mol. The van der Waals surface area contributed by atoms with Crippen molar-refractivity contribution < 1.29 is 0 Å². The Bertz CT molecular complexity index is 367. The van der Waals surface area contributed by atoms with Crippen LogP contribution in [0.3, 0.4) is 0 Å². The number of nitrogens with zero attached hydrogens (tertiary/aromatic N) is 2. The minimum atomic E-state index is 0.317. The van der Waals surface area contributed by atoms with Gasteiger partial charge in [-0.1, -0.05) is 18.6 Å². The molecular weight excluding hydrogens is 210 g/mol. The molecule has 3 heteroatoms. The molecule has 17 heavy (non-hydrogen) atoms. The topological polar surface area (TPSA) is 29.9 Å². The highest BCUT2D eigenvalue weighted by Crippen LogP contribution is 2.16. The number of hydrogen-bond acceptors (Lipinski definition) is 2. The zero-order valence-electron chi connectivity index (χ0n) is 10.9. The Morgan fingerprint density at radius 1 is 1.53 bits per heavy atom. The van der Waals surface area contributed by atoms with Gasteiger partial charge in [0, 0.05) is 25.0 Å². The van der Waals surface area contributed by atoms with E-state index in [1.165, 1.54) is 25.7 Å². The molecule has 1 heterocycles. The Balaban J connectivity index is 1.98. The fourth-order valence-electron chi connectivity index (χ4n) is 2.49. The highest BCUT2D eigenvalue weighted by Gasteiger charge is 2.15.